The van der Waals surface area contributed by atoms with Crippen LogP contribution in [0.2, 0.25) is 0 Å². The van der Waals surface area contributed by atoms with Gasteiger partial charge in [0, 0.05) is 22.7 Å². The Morgan fingerprint density at radius 3 is 2.71 bits per heavy atom. The van der Waals surface area contributed by atoms with Crippen molar-refractivity contribution in [2.24, 2.45) is 0 Å². The van der Waals surface area contributed by atoms with Crippen molar-refractivity contribution in [3.63, 3.8) is 0 Å². The Balaban J connectivity index is 1.47. The van der Waals surface area contributed by atoms with Crippen LogP contribution in [0.4, 0.5) is 4.39 Å². The van der Waals surface area contributed by atoms with Gasteiger partial charge in [-0.3, -0.25) is 0 Å². The van der Waals surface area contributed by atoms with E-state index < -0.39 is 0 Å². The lowest BCUT2D eigenvalue weighted by molar-refractivity contribution is 0.540. The quantitative estimate of drug-likeness (QED) is 0.893. The summed E-state index contributed by atoms with van der Waals surface area (Å²) in [6, 6.07) is 15.9. The van der Waals surface area contributed by atoms with Gasteiger partial charge in [-0.05, 0) is 49.1 Å². The van der Waals surface area contributed by atoms with Crippen molar-refractivity contribution >= 4 is 11.8 Å². The van der Waals surface area contributed by atoms with Crippen LogP contribution < -0.4 is 5.32 Å². The summed E-state index contributed by atoms with van der Waals surface area (Å²) in [5.41, 5.74) is 2.65. The first-order valence-electron chi connectivity index (χ1n) is 7.43. The van der Waals surface area contributed by atoms with Crippen LogP contribution in [0, 0.1) is 5.82 Å². The minimum atomic E-state index is -0.167. The summed E-state index contributed by atoms with van der Waals surface area (Å²) in [7, 11) is 0. The average molecular weight is 301 g/mol. The fraction of sp³-hybridized carbons (Fsp3) is 0.333. The van der Waals surface area contributed by atoms with Crippen molar-refractivity contribution in [3.8, 4) is 0 Å². The van der Waals surface area contributed by atoms with Crippen LogP contribution >= 0.6 is 11.8 Å². The number of hydrogen-bond acceptors (Lipinski definition) is 2. The van der Waals surface area contributed by atoms with E-state index in [9.17, 15) is 4.39 Å². The molecule has 0 saturated carbocycles. The van der Waals surface area contributed by atoms with Gasteiger partial charge in [-0.2, -0.15) is 0 Å². The van der Waals surface area contributed by atoms with Gasteiger partial charge in [-0.25, -0.2) is 4.39 Å². The molecule has 21 heavy (non-hydrogen) atoms. The van der Waals surface area contributed by atoms with E-state index in [1.807, 2.05) is 23.9 Å². The van der Waals surface area contributed by atoms with Gasteiger partial charge in [0.05, 0.1) is 0 Å². The summed E-state index contributed by atoms with van der Waals surface area (Å²) < 4.78 is 12.9. The fourth-order valence-electron chi connectivity index (χ4n) is 2.75. The molecule has 1 aliphatic rings. The normalized spacial score (nSPS) is 18.5. The number of halogens is 1. The van der Waals surface area contributed by atoms with Crippen LogP contribution in [0.5, 0.6) is 0 Å². The second-order valence-electron chi connectivity index (χ2n) is 5.69. The third-order valence-corrected chi connectivity index (χ3v) is 5.18. The molecule has 1 aliphatic heterocycles. The third-order valence-electron chi connectivity index (χ3n) is 3.86. The highest BCUT2D eigenvalue weighted by Crippen LogP contribution is 2.36. The van der Waals surface area contributed by atoms with Gasteiger partial charge < -0.3 is 5.32 Å². The number of rotatable bonds is 5. The van der Waals surface area contributed by atoms with Gasteiger partial charge in [0.15, 0.2) is 0 Å². The molecule has 2 aromatic rings. The van der Waals surface area contributed by atoms with Crippen LogP contribution in [-0.4, -0.2) is 17.8 Å². The number of hydrogen-bond donors (Lipinski definition) is 1. The largest absolute Gasteiger partial charge is 0.313 e. The van der Waals surface area contributed by atoms with Crippen molar-refractivity contribution < 1.29 is 4.39 Å². The van der Waals surface area contributed by atoms with Crippen molar-refractivity contribution in [1.29, 1.82) is 0 Å². The molecular formula is C18H20FNS. The van der Waals surface area contributed by atoms with Gasteiger partial charge in [0.25, 0.3) is 0 Å². The highest BCUT2D eigenvalue weighted by atomic mass is 32.2. The van der Waals surface area contributed by atoms with Gasteiger partial charge in [-0.1, -0.05) is 30.3 Å². The fourth-order valence-corrected chi connectivity index (χ4v) is 4.01. The van der Waals surface area contributed by atoms with Gasteiger partial charge >= 0.3 is 0 Å². The van der Waals surface area contributed by atoms with Gasteiger partial charge in [0.2, 0.25) is 0 Å². The Bertz CT molecular complexity index is 571. The minimum Gasteiger partial charge on any atom is -0.313 e. The van der Waals surface area contributed by atoms with E-state index >= 15 is 0 Å². The Hall–Kier alpha value is -1.32. The van der Waals surface area contributed by atoms with E-state index in [0.29, 0.717) is 11.3 Å². The lowest BCUT2D eigenvalue weighted by atomic mass is 10.1. The summed E-state index contributed by atoms with van der Waals surface area (Å²) in [6.07, 6.45) is 2.09. The standard InChI is InChI=1S/C18H20FNS/c1-13(10-14-6-8-16(19)9-7-14)20-12-17-11-15-4-2-3-5-18(15)21-17/h2-9,13,17,20H,10-12H2,1H3. The predicted molar refractivity (Wildman–Crippen MR) is 87.4 cm³/mol. The molecule has 0 radical (unpaired) electrons. The van der Waals surface area contributed by atoms with Crippen LogP contribution in [0.15, 0.2) is 53.4 Å². The predicted octanol–water partition coefficient (Wildman–Crippen LogP) is 4.06. The van der Waals surface area contributed by atoms with Gasteiger partial charge in [0.1, 0.15) is 5.82 Å². The maximum Gasteiger partial charge on any atom is 0.123 e. The van der Waals surface area contributed by atoms with Crippen LogP contribution in [0.1, 0.15) is 18.1 Å². The maximum absolute atomic E-state index is 12.9. The Kier molecular flexibility index (Phi) is 4.61. The molecule has 3 heteroatoms. The summed E-state index contributed by atoms with van der Waals surface area (Å²) >= 11 is 1.97. The van der Waals surface area contributed by atoms with Crippen molar-refractivity contribution in [2.45, 2.75) is 36.0 Å². The number of fused-ring (bicyclic) bond motifs is 1. The van der Waals surface area contributed by atoms with E-state index in [1.165, 1.54) is 28.2 Å². The highest BCUT2D eigenvalue weighted by Gasteiger charge is 2.21. The molecule has 0 saturated heterocycles. The molecule has 2 unspecified atom stereocenters. The van der Waals surface area contributed by atoms with E-state index in [0.717, 1.165) is 19.4 Å². The number of nitrogens with one attached hydrogen (secondary N) is 1. The lowest BCUT2D eigenvalue weighted by Crippen LogP contribution is -2.33. The molecule has 0 amide bonds. The summed E-state index contributed by atoms with van der Waals surface area (Å²) in [4.78, 5) is 1.43. The van der Waals surface area contributed by atoms with E-state index in [-0.39, 0.29) is 5.82 Å². The molecule has 3 rings (SSSR count). The average Bonchev–Trinajstić information content (AvgIpc) is 2.90. The zero-order chi connectivity index (χ0) is 14.7. The van der Waals surface area contributed by atoms with Crippen molar-refractivity contribution in [3.05, 3.63) is 65.5 Å². The number of thioether (sulfide) groups is 1. The lowest BCUT2D eigenvalue weighted by Gasteiger charge is -2.17. The monoisotopic (exact) mass is 301 g/mol. The zero-order valence-corrected chi connectivity index (χ0v) is 13.0. The first-order chi connectivity index (χ1) is 10.2. The molecule has 0 aromatic heterocycles. The molecule has 1 heterocycles. The second kappa shape index (κ2) is 6.63. The summed E-state index contributed by atoms with van der Waals surface area (Å²) in [6.45, 7) is 3.21. The molecule has 110 valence electrons. The maximum atomic E-state index is 12.9. The third kappa shape index (κ3) is 3.86. The first-order valence-corrected chi connectivity index (χ1v) is 8.31. The molecule has 2 atom stereocenters. The topological polar surface area (TPSA) is 12.0 Å². The smallest absolute Gasteiger partial charge is 0.123 e. The summed E-state index contributed by atoms with van der Waals surface area (Å²) in [5, 5.41) is 4.23. The number of benzene rings is 2. The molecule has 1 nitrogen and oxygen atoms in total. The Labute approximate surface area is 130 Å². The van der Waals surface area contributed by atoms with Crippen LogP contribution in [-0.2, 0) is 12.8 Å². The van der Waals surface area contributed by atoms with E-state index in [4.69, 9.17) is 0 Å². The van der Waals surface area contributed by atoms with Crippen LogP contribution in [0.3, 0.4) is 0 Å². The highest BCUT2D eigenvalue weighted by molar-refractivity contribution is 8.00. The summed E-state index contributed by atoms with van der Waals surface area (Å²) in [5.74, 6) is -0.167. The second-order valence-corrected chi connectivity index (χ2v) is 7.03. The molecule has 0 fully saturated rings. The molecular weight excluding hydrogens is 281 g/mol. The Morgan fingerprint density at radius 2 is 1.95 bits per heavy atom. The van der Waals surface area contributed by atoms with Crippen molar-refractivity contribution in [1.82, 2.24) is 5.32 Å². The zero-order valence-electron chi connectivity index (χ0n) is 12.2. The SMILES string of the molecule is CC(Cc1ccc(F)cc1)NCC1Cc2ccccc2S1. The van der Waals surface area contributed by atoms with E-state index in [2.05, 4.69) is 36.5 Å². The first kappa shape index (κ1) is 14.6. The van der Waals surface area contributed by atoms with E-state index in [1.54, 1.807) is 0 Å². The van der Waals surface area contributed by atoms with Gasteiger partial charge in [-0.15, -0.1) is 11.8 Å². The van der Waals surface area contributed by atoms with Crippen LogP contribution in [0.25, 0.3) is 0 Å². The molecule has 2 aromatic carbocycles. The minimum absolute atomic E-state index is 0.167. The molecule has 0 aliphatic carbocycles. The van der Waals surface area contributed by atoms with Crippen molar-refractivity contribution in [2.75, 3.05) is 6.54 Å². The molecule has 0 bridgehead atoms. The molecule has 0 spiro atoms. The Morgan fingerprint density at radius 1 is 1.19 bits per heavy atom. The molecule has 1 N–H and O–H groups in total.